The van der Waals surface area contributed by atoms with Gasteiger partial charge in [-0.1, -0.05) is 36.4 Å². The molecule has 0 amide bonds. The SMILES string of the molecule is C(=NN(c1ccccc1)c1ccccc1)c1ccc[nH]1. The normalized spacial score (nSPS) is 10.8. The fourth-order valence-electron chi connectivity index (χ4n) is 1.97. The maximum absolute atomic E-state index is 4.58. The van der Waals surface area contributed by atoms with Gasteiger partial charge in [0.2, 0.25) is 0 Å². The molecule has 0 aliphatic carbocycles. The van der Waals surface area contributed by atoms with E-state index in [1.165, 1.54) is 0 Å². The number of anilines is 2. The third-order valence-corrected chi connectivity index (χ3v) is 2.94. The van der Waals surface area contributed by atoms with E-state index in [9.17, 15) is 0 Å². The monoisotopic (exact) mass is 261 g/mol. The molecular weight excluding hydrogens is 246 g/mol. The number of aromatic nitrogens is 1. The number of nitrogens with zero attached hydrogens (tertiary/aromatic N) is 2. The quantitative estimate of drug-likeness (QED) is 0.554. The summed E-state index contributed by atoms with van der Waals surface area (Å²) in [7, 11) is 0. The fourth-order valence-corrected chi connectivity index (χ4v) is 1.97. The zero-order valence-corrected chi connectivity index (χ0v) is 11.0. The number of rotatable bonds is 4. The predicted molar refractivity (Wildman–Crippen MR) is 83.4 cm³/mol. The van der Waals surface area contributed by atoms with E-state index in [0.29, 0.717) is 0 Å². The molecule has 20 heavy (non-hydrogen) atoms. The summed E-state index contributed by atoms with van der Waals surface area (Å²) in [4.78, 5) is 3.12. The molecule has 3 aromatic rings. The van der Waals surface area contributed by atoms with Crippen LogP contribution in [-0.2, 0) is 0 Å². The van der Waals surface area contributed by atoms with E-state index in [1.54, 1.807) is 0 Å². The van der Waals surface area contributed by atoms with Gasteiger partial charge in [-0.3, -0.25) is 0 Å². The summed E-state index contributed by atoms with van der Waals surface area (Å²) < 4.78 is 0. The van der Waals surface area contributed by atoms with E-state index >= 15 is 0 Å². The van der Waals surface area contributed by atoms with Crippen LogP contribution in [0.2, 0.25) is 0 Å². The minimum atomic E-state index is 0.974. The molecule has 3 rings (SSSR count). The second kappa shape index (κ2) is 5.89. The summed E-state index contributed by atoms with van der Waals surface area (Å²) in [6.07, 6.45) is 3.71. The van der Waals surface area contributed by atoms with Gasteiger partial charge in [-0.2, -0.15) is 5.10 Å². The molecule has 0 bridgehead atoms. The molecule has 98 valence electrons. The molecule has 1 heterocycles. The van der Waals surface area contributed by atoms with Gasteiger partial charge in [0.25, 0.3) is 0 Å². The molecule has 0 radical (unpaired) electrons. The Bertz CT molecular complexity index is 618. The van der Waals surface area contributed by atoms with Crippen molar-refractivity contribution in [3.63, 3.8) is 0 Å². The van der Waals surface area contributed by atoms with Crippen molar-refractivity contribution in [1.82, 2.24) is 4.98 Å². The second-order valence-electron chi connectivity index (χ2n) is 4.35. The Kier molecular flexibility index (Phi) is 3.60. The first-order valence-electron chi connectivity index (χ1n) is 6.51. The Hall–Kier alpha value is -2.81. The molecule has 0 aliphatic rings. The Morgan fingerprint density at radius 2 is 1.35 bits per heavy atom. The highest BCUT2D eigenvalue weighted by Gasteiger charge is 2.06. The van der Waals surface area contributed by atoms with E-state index in [4.69, 9.17) is 0 Å². The van der Waals surface area contributed by atoms with E-state index in [-0.39, 0.29) is 0 Å². The highest BCUT2D eigenvalue weighted by Crippen LogP contribution is 2.24. The summed E-state index contributed by atoms with van der Waals surface area (Å²) in [5.74, 6) is 0. The zero-order chi connectivity index (χ0) is 13.6. The molecule has 3 nitrogen and oxygen atoms in total. The number of para-hydroxylation sites is 2. The molecule has 0 aliphatic heterocycles. The highest BCUT2D eigenvalue weighted by molar-refractivity contribution is 5.79. The Balaban J connectivity index is 1.96. The first kappa shape index (κ1) is 12.2. The smallest absolute Gasteiger partial charge is 0.0714 e. The third-order valence-electron chi connectivity index (χ3n) is 2.94. The molecule has 3 heteroatoms. The van der Waals surface area contributed by atoms with E-state index < -0.39 is 0 Å². The number of aromatic amines is 1. The van der Waals surface area contributed by atoms with Crippen molar-refractivity contribution < 1.29 is 0 Å². The van der Waals surface area contributed by atoms with Crippen LogP contribution >= 0.6 is 0 Å². The van der Waals surface area contributed by atoms with Crippen LogP contribution in [0.5, 0.6) is 0 Å². The van der Waals surface area contributed by atoms with Gasteiger partial charge in [0, 0.05) is 6.20 Å². The van der Waals surface area contributed by atoms with E-state index in [1.807, 2.05) is 90.2 Å². The van der Waals surface area contributed by atoms with Gasteiger partial charge in [0.15, 0.2) is 0 Å². The van der Waals surface area contributed by atoms with Gasteiger partial charge in [0.05, 0.1) is 23.3 Å². The van der Waals surface area contributed by atoms with Crippen molar-refractivity contribution in [1.29, 1.82) is 0 Å². The van der Waals surface area contributed by atoms with Crippen LogP contribution in [0.1, 0.15) is 5.69 Å². The summed E-state index contributed by atoms with van der Waals surface area (Å²) in [5.41, 5.74) is 3.03. The molecule has 0 fully saturated rings. The highest BCUT2D eigenvalue weighted by atomic mass is 15.5. The first-order chi connectivity index (χ1) is 9.93. The summed E-state index contributed by atoms with van der Waals surface area (Å²) in [5, 5.41) is 6.50. The Morgan fingerprint density at radius 3 is 1.85 bits per heavy atom. The zero-order valence-electron chi connectivity index (χ0n) is 11.0. The van der Waals surface area contributed by atoms with E-state index in [2.05, 4.69) is 10.1 Å². The minimum absolute atomic E-state index is 0.974. The van der Waals surface area contributed by atoms with Crippen LogP contribution in [0.25, 0.3) is 0 Å². The van der Waals surface area contributed by atoms with Crippen LogP contribution in [0.4, 0.5) is 11.4 Å². The van der Waals surface area contributed by atoms with Gasteiger partial charge >= 0.3 is 0 Å². The molecule has 2 aromatic carbocycles. The van der Waals surface area contributed by atoms with Crippen LogP contribution in [0.15, 0.2) is 84.1 Å². The van der Waals surface area contributed by atoms with Crippen LogP contribution in [0, 0.1) is 0 Å². The standard InChI is InChI=1S/C17H15N3/c1-3-9-16(10-4-1)20(17-11-5-2-6-12-17)19-14-15-8-7-13-18-15/h1-14,18H. The number of nitrogens with one attached hydrogen (secondary N) is 1. The second-order valence-corrected chi connectivity index (χ2v) is 4.35. The van der Waals surface area contributed by atoms with Gasteiger partial charge in [-0.25, -0.2) is 5.01 Å². The molecular formula is C17H15N3. The van der Waals surface area contributed by atoms with Gasteiger partial charge in [-0.15, -0.1) is 0 Å². The summed E-state index contributed by atoms with van der Waals surface area (Å²) in [6, 6.07) is 24.1. The van der Waals surface area contributed by atoms with Crippen molar-refractivity contribution in [2.75, 3.05) is 5.01 Å². The maximum Gasteiger partial charge on any atom is 0.0714 e. The van der Waals surface area contributed by atoms with Crippen molar-refractivity contribution in [3.8, 4) is 0 Å². The van der Waals surface area contributed by atoms with Crippen LogP contribution in [0.3, 0.4) is 0 Å². The molecule has 0 spiro atoms. The first-order valence-corrected chi connectivity index (χ1v) is 6.51. The van der Waals surface area contributed by atoms with Crippen LogP contribution in [-0.4, -0.2) is 11.2 Å². The number of H-pyrrole nitrogens is 1. The maximum atomic E-state index is 4.58. The Morgan fingerprint density at radius 1 is 0.750 bits per heavy atom. The van der Waals surface area contributed by atoms with Crippen molar-refractivity contribution in [2.45, 2.75) is 0 Å². The predicted octanol–water partition coefficient (Wildman–Crippen LogP) is 4.19. The van der Waals surface area contributed by atoms with E-state index in [0.717, 1.165) is 17.1 Å². The molecule has 0 saturated carbocycles. The van der Waals surface area contributed by atoms with Crippen molar-refractivity contribution in [3.05, 3.63) is 84.7 Å². The molecule has 0 unspecified atom stereocenters. The van der Waals surface area contributed by atoms with Gasteiger partial charge in [-0.05, 0) is 36.4 Å². The van der Waals surface area contributed by atoms with Crippen LogP contribution < -0.4 is 5.01 Å². The fraction of sp³-hybridized carbons (Fsp3) is 0. The number of hydrogen-bond acceptors (Lipinski definition) is 2. The molecule has 0 atom stereocenters. The number of hydrazone groups is 1. The lowest BCUT2D eigenvalue weighted by Gasteiger charge is -2.18. The topological polar surface area (TPSA) is 31.4 Å². The third kappa shape index (κ3) is 2.78. The summed E-state index contributed by atoms with van der Waals surface area (Å²) in [6.45, 7) is 0. The van der Waals surface area contributed by atoms with Crippen molar-refractivity contribution >= 4 is 17.6 Å². The molecule has 1 N–H and O–H groups in total. The average Bonchev–Trinajstić information content (AvgIpc) is 3.03. The number of hydrogen-bond donors (Lipinski definition) is 1. The van der Waals surface area contributed by atoms with Crippen molar-refractivity contribution in [2.24, 2.45) is 5.10 Å². The summed E-state index contributed by atoms with van der Waals surface area (Å²) >= 11 is 0. The van der Waals surface area contributed by atoms with Gasteiger partial charge < -0.3 is 4.98 Å². The minimum Gasteiger partial charge on any atom is -0.360 e. The number of benzene rings is 2. The largest absolute Gasteiger partial charge is 0.360 e. The lowest BCUT2D eigenvalue weighted by atomic mass is 10.2. The van der Waals surface area contributed by atoms with Gasteiger partial charge in [0.1, 0.15) is 0 Å². The lowest BCUT2D eigenvalue weighted by Crippen LogP contribution is -2.09. The average molecular weight is 261 g/mol. The lowest BCUT2D eigenvalue weighted by molar-refractivity contribution is 1.09. The molecule has 1 aromatic heterocycles. The molecule has 0 saturated heterocycles. The Labute approximate surface area is 118 Å².